The third kappa shape index (κ3) is 2.24. The predicted molar refractivity (Wildman–Crippen MR) is 73.9 cm³/mol. The smallest absolute Gasteiger partial charge is 0.0830 e. The first-order valence-electron chi connectivity index (χ1n) is 7.05. The number of aliphatic hydroxyl groups excluding tert-OH is 1. The molecule has 1 aromatic heterocycles. The van der Waals surface area contributed by atoms with Gasteiger partial charge in [-0.2, -0.15) is 11.3 Å². The molecular formula is C15H22O2S. The highest BCUT2D eigenvalue weighted by molar-refractivity contribution is 7.08. The molecule has 1 saturated carbocycles. The molecule has 0 aromatic carbocycles. The second kappa shape index (κ2) is 4.95. The summed E-state index contributed by atoms with van der Waals surface area (Å²) in [5.74, 6) is 0.380. The van der Waals surface area contributed by atoms with Crippen molar-refractivity contribution in [2.75, 3.05) is 6.61 Å². The summed E-state index contributed by atoms with van der Waals surface area (Å²) in [5.41, 5.74) is 2.48. The lowest BCUT2D eigenvalue weighted by Crippen LogP contribution is -2.39. The van der Waals surface area contributed by atoms with E-state index in [1.54, 1.807) is 11.3 Å². The van der Waals surface area contributed by atoms with Crippen LogP contribution in [-0.4, -0.2) is 17.3 Å². The number of thiophene rings is 1. The summed E-state index contributed by atoms with van der Waals surface area (Å²) in [5, 5.41) is 14.8. The van der Waals surface area contributed by atoms with Crippen LogP contribution in [0.2, 0.25) is 0 Å². The fourth-order valence-electron chi connectivity index (χ4n) is 3.63. The average molecular weight is 266 g/mol. The van der Waals surface area contributed by atoms with E-state index in [0.717, 1.165) is 25.0 Å². The van der Waals surface area contributed by atoms with Crippen molar-refractivity contribution in [3.8, 4) is 0 Å². The summed E-state index contributed by atoms with van der Waals surface area (Å²) in [4.78, 5) is 0. The van der Waals surface area contributed by atoms with Gasteiger partial charge in [0.2, 0.25) is 0 Å². The van der Waals surface area contributed by atoms with E-state index in [-0.39, 0.29) is 11.7 Å². The van der Waals surface area contributed by atoms with Crippen LogP contribution in [0.3, 0.4) is 0 Å². The Morgan fingerprint density at radius 1 is 1.39 bits per heavy atom. The Bertz CT molecular complexity index is 406. The second-order valence-corrected chi connectivity index (χ2v) is 6.69. The van der Waals surface area contributed by atoms with E-state index in [2.05, 4.69) is 17.7 Å². The monoisotopic (exact) mass is 266 g/mol. The highest BCUT2D eigenvalue weighted by atomic mass is 32.1. The lowest BCUT2D eigenvalue weighted by Gasteiger charge is -2.40. The van der Waals surface area contributed by atoms with Crippen LogP contribution >= 0.6 is 11.3 Å². The standard InChI is InChI=1S/C15H22O2S/c1-11-9-18-10-13(11)14(16)12-4-7-17-15(8-12)5-2-3-6-15/h9-10,12,14,16H,2-8H2,1H3. The fourth-order valence-corrected chi connectivity index (χ4v) is 4.51. The summed E-state index contributed by atoms with van der Waals surface area (Å²) in [6, 6.07) is 0. The molecule has 1 aliphatic carbocycles. The molecule has 1 spiro atoms. The molecule has 2 nitrogen and oxygen atoms in total. The first kappa shape index (κ1) is 12.6. The highest BCUT2D eigenvalue weighted by Crippen LogP contribution is 2.45. The Morgan fingerprint density at radius 2 is 2.17 bits per heavy atom. The summed E-state index contributed by atoms with van der Waals surface area (Å²) in [6.07, 6.45) is 6.72. The molecular weight excluding hydrogens is 244 g/mol. The van der Waals surface area contributed by atoms with Gasteiger partial charge in [0.1, 0.15) is 0 Å². The van der Waals surface area contributed by atoms with Gasteiger partial charge in [-0.05, 0) is 60.4 Å². The minimum atomic E-state index is -0.294. The van der Waals surface area contributed by atoms with Crippen LogP contribution in [0, 0.1) is 12.8 Å². The number of aliphatic hydroxyl groups is 1. The van der Waals surface area contributed by atoms with Crippen molar-refractivity contribution in [3.05, 3.63) is 21.9 Å². The number of rotatable bonds is 2. The van der Waals surface area contributed by atoms with Gasteiger partial charge in [-0.25, -0.2) is 0 Å². The minimum Gasteiger partial charge on any atom is -0.388 e. The Kier molecular flexibility index (Phi) is 3.48. The van der Waals surface area contributed by atoms with E-state index in [4.69, 9.17) is 4.74 Å². The van der Waals surface area contributed by atoms with Gasteiger partial charge in [0, 0.05) is 6.61 Å². The van der Waals surface area contributed by atoms with Gasteiger partial charge in [0.05, 0.1) is 11.7 Å². The van der Waals surface area contributed by atoms with E-state index >= 15 is 0 Å². The van der Waals surface area contributed by atoms with Gasteiger partial charge in [0.25, 0.3) is 0 Å². The van der Waals surface area contributed by atoms with Gasteiger partial charge >= 0.3 is 0 Å². The van der Waals surface area contributed by atoms with Gasteiger partial charge in [-0.1, -0.05) is 12.8 Å². The third-order valence-electron chi connectivity index (χ3n) is 4.71. The van der Waals surface area contributed by atoms with E-state index < -0.39 is 0 Å². The van der Waals surface area contributed by atoms with Gasteiger partial charge in [-0.3, -0.25) is 0 Å². The van der Waals surface area contributed by atoms with Gasteiger partial charge < -0.3 is 9.84 Å². The summed E-state index contributed by atoms with van der Waals surface area (Å²) < 4.78 is 6.05. The van der Waals surface area contributed by atoms with Crippen molar-refractivity contribution < 1.29 is 9.84 Å². The lowest BCUT2D eigenvalue weighted by atomic mass is 9.80. The maximum Gasteiger partial charge on any atom is 0.0830 e. The second-order valence-electron chi connectivity index (χ2n) is 5.95. The van der Waals surface area contributed by atoms with Crippen molar-refractivity contribution >= 4 is 11.3 Å². The maximum absolute atomic E-state index is 10.6. The van der Waals surface area contributed by atoms with Crippen molar-refractivity contribution in [2.24, 2.45) is 5.92 Å². The number of hydrogen-bond donors (Lipinski definition) is 1. The Hall–Kier alpha value is -0.380. The normalized spacial score (nSPS) is 28.7. The molecule has 18 heavy (non-hydrogen) atoms. The van der Waals surface area contributed by atoms with Crippen LogP contribution in [0.25, 0.3) is 0 Å². The molecule has 0 bridgehead atoms. The first-order valence-corrected chi connectivity index (χ1v) is 7.99. The van der Waals surface area contributed by atoms with Gasteiger partial charge in [0.15, 0.2) is 0 Å². The molecule has 2 heterocycles. The molecule has 1 saturated heterocycles. The molecule has 2 fully saturated rings. The van der Waals surface area contributed by atoms with E-state index in [9.17, 15) is 5.11 Å². The molecule has 3 heteroatoms. The van der Waals surface area contributed by atoms with Gasteiger partial charge in [-0.15, -0.1) is 0 Å². The molecule has 100 valence electrons. The van der Waals surface area contributed by atoms with Crippen molar-refractivity contribution in [1.82, 2.24) is 0 Å². The van der Waals surface area contributed by atoms with E-state index in [1.807, 2.05) is 0 Å². The highest BCUT2D eigenvalue weighted by Gasteiger charge is 2.42. The molecule has 2 atom stereocenters. The van der Waals surface area contributed by atoms with E-state index in [0.29, 0.717) is 5.92 Å². The van der Waals surface area contributed by atoms with Crippen LogP contribution in [0.5, 0.6) is 0 Å². The van der Waals surface area contributed by atoms with Crippen LogP contribution in [0.1, 0.15) is 55.8 Å². The van der Waals surface area contributed by atoms with Crippen molar-refractivity contribution in [2.45, 2.75) is 57.2 Å². The largest absolute Gasteiger partial charge is 0.388 e. The van der Waals surface area contributed by atoms with Crippen molar-refractivity contribution in [3.63, 3.8) is 0 Å². The summed E-state index contributed by atoms with van der Waals surface area (Å²) in [7, 11) is 0. The molecule has 2 unspecified atom stereocenters. The Labute approximate surface area is 113 Å². The van der Waals surface area contributed by atoms with Crippen LogP contribution in [0.4, 0.5) is 0 Å². The molecule has 1 N–H and O–H groups in total. The average Bonchev–Trinajstić information content (AvgIpc) is 2.98. The first-order chi connectivity index (χ1) is 8.70. The number of hydrogen-bond acceptors (Lipinski definition) is 3. The molecule has 0 radical (unpaired) electrons. The SMILES string of the molecule is Cc1cscc1C(O)C1CCOC2(CCCC2)C1. The molecule has 1 aliphatic heterocycles. The fraction of sp³-hybridized carbons (Fsp3) is 0.733. The predicted octanol–water partition coefficient (Wildman–Crippen LogP) is 3.83. The minimum absolute atomic E-state index is 0.105. The zero-order chi connectivity index (χ0) is 12.6. The lowest BCUT2D eigenvalue weighted by molar-refractivity contribution is -0.113. The van der Waals surface area contributed by atoms with Crippen molar-refractivity contribution in [1.29, 1.82) is 0 Å². The molecule has 2 aliphatic rings. The summed E-state index contributed by atoms with van der Waals surface area (Å²) in [6.45, 7) is 2.92. The zero-order valence-corrected chi connectivity index (χ0v) is 11.8. The topological polar surface area (TPSA) is 29.5 Å². The zero-order valence-electron chi connectivity index (χ0n) is 11.0. The Balaban J connectivity index is 1.74. The molecule has 3 rings (SSSR count). The quantitative estimate of drug-likeness (QED) is 0.881. The van der Waals surface area contributed by atoms with Crippen LogP contribution in [0.15, 0.2) is 10.8 Å². The Morgan fingerprint density at radius 3 is 2.83 bits per heavy atom. The van der Waals surface area contributed by atoms with Crippen LogP contribution < -0.4 is 0 Å². The number of ether oxygens (including phenoxy) is 1. The summed E-state index contributed by atoms with van der Waals surface area (Å²) >= 11 is 1.69. The number of aryl methyl sites for hydroxylation is 1. The molecule has 1 aromatic rings. The van der Waals surface area contributed by atoms with E-state index in [1.165, 1.54) is 31.2 Å². The van der Waals surface area contributed by atoms with Crippen LogP contribution in [-0.2, 0) is 4.74 Å². The third-order valence-corrected chi connectivity index (χ3v) is 5.59. The molecule has 0 amide bonds. The maximum atomic E-state index is 10.6.